The summed E-state index contributed by atoms with van der Waals surface area (Å²) in [7, 11) is 0. The Balaban J connectivity index is 1.10. The molecule has 1 saturated heterocycles. The molecule has 0 spiro atoms. The Labute approximate surface area is 186 Å². The number of carbonyl (C=O) groups is 1. The summed E-state index contributed by atoms with van der Waals surface area (Å²) >= 11 is 1.49. The van der Waals surface area contributed by atoms with Crippen molar-refractivity contribution in [1.29, 1.82) is 0 Å². The van der Waals surface area contributed by atoms with Gasteiger partial charge in [-0.3, -0.25) is 4.79 Å². The number of hydrogen-bond donors (Lipinski definition) is 1. The van der Waals surface area contributed by atoms with Gasteiger partial charge in [0, 0.05) is 16.9 Å². The Morgan fingerprint density at radius 3 is 2.65 bits per heavy atom. The Hall–Kier alpha value is -2.65. The number of carbonyl (C=O) groups excluding carboxylic acids is 1. The van der Waals surface area contributed by atoms with Crippen LogP contribution in [0.3, 0.4) is 0 Å². The summed E-state index contributed by atoms with van der Waals surface area (Å²) in [4.78, 5) is 20.9. The van der Waals surface area contributed by atoms with Crippen LogP contribution < -0.4 is 5.32 Å². The zero-order chi connectivity index (χ0) is 21.5. The van der Waals surface area contributed by atoms with Crippen molar-refractivity contribution in [2.45, 2.75) is 45.6 Å². The van der Waals surface area contributed by atoms with Crippen molar-refractivity contribution in [3.63, 3.8) is 0 Å². The fourth-order valence-electron chi connectivity index (χ4n) is 3.84. The van der Waals surface area contributed by atoms with Crippen LogP contribution in [0.5, 0.6) is 0 Å². The average molecular weight is 440 g/mol. The van der Waals surface area contributed by atoms with Gasteiger partial charge in [-0.1, -0.05) is 36.8 Å². The Kier molecular flexibility index (Phi) is 7.37. The van der Waals surface area contributed by atoms with Gasteiger partial charge in [0.2, 0.25) is 11.7 Å². The largest absolute Gasteiger partial charge is 0.303 e. The van der Waals surface area contributed by atoms with Crippen LogP contribution in [0.15, 0.2) is 35.7 Å². The predicted molar refractivity (Wildman–Crippen MR) is 122 cm³/mol. The normalized spacial score (nSPS) is 15.3. The lowest BCUT2D eigenvalue weighted by molar-refractivity contribution is -0.121. The molecule has 1 aliphatic heterocycles. The quantitative estimate of drug-likeness (QED) is 0.512. The lowest BCUT2D eigenvalue weighted by Gasteiger charge is -2.31. The molecule has 3 heterocycles. The number of nitrogens with one attached hydrogen (secondary N) is 1. The number of tetrazole rings is 1. The second kappa shape index (κ2) is 10.6. The van der Waals surface area contributed by atoms with Crippen LogP contribution >= 0.6 is 11.3 Å². The molecule has 1 N–H and O–H groups in total. The van der Waals surface area contributed by atoms with Crippen molar-refractivity contribution >= 4 is 22.4 Å². The van der Waals surface area contributed by atoms with Gasteiger partial charge in [-0.2, -0.15) is 4.80 Å². The van der Waals surface area contributed by atoms with Crippen LogP contribution in [0, 0.1) is 12.8 Å². The maximum atomic E-state index is 12.4. The minimum absolute atomic E-state index is 0.0951. The maximum Gasteiger partial charge on any atom is 0.229 e. The molecule has 0 saturated carbocycles. The standard InChI is InChI=1S/C22H29N7OS/c1-17-16-31-22(23-17)24-21(30)19-10-14-28(15-11-19)12-6-3-7-13-29-26-20(25-27-29)18-8-4-2-5-9-18/h2,4-5,8-9,16,19H,3,6-7,10-15H2,1H3,(H,23,24,30). The number of unbranched alkanes of at least 4 members (excludes halogenated alkanes) is 2. The predicted octanol–water partition coefficient (Wildman–Crippen LogP) is 3.63. The molecular weight excluding hydrogens is 410 g/mol. The van der Waals surface area contributed by atoms with Gasteiger partial charge in [-0.15, -0.1) is 21.5 Å². The van der Waals surface area contributed by atoms with Crippen LogP contribution in [-0.2, 0) is 11.3 Å². The fourth-order valence-corrected chi connectivity index (χ4v) is 4.53. The van der Waals surface area contributed by atoms with E-state index in [4.69, 9.17) is 0 Å². The summed E-state index contributed by atoms with van der Waals surface area (Å²) in [5.74, 6) is 0.888. The maximum absolute atomic E-state index is 12.4. The highest BCUT2D eigenvalue weighted by Crippen LogP contribution is 2.21. The molecule has 4 rings (SSSR count). The van der Waals surface area contributed by atoms with Gasteiger partial charge >= 0.3 is 0 Å². The van der Waals surface area contributed by atoms with Crippen LogP contribution in [0.1, 0.15) is 37.8 Å². The highest BCUT2D eigenvalue weighted by atomic mass is 32.1. The van der Waals surface area contributed by atoms with E-state index in [0.717, 1.165) is 69.5 Å². The first kappa shape index (κ1) is 21.6. The van der Waals surface area contributed by atoms with Gasteiger partial charge in [0.05, 0.1) is 12.2 Å². The van der Waals surface area contributed by atoms with E-state index in [2.05, 4.69) is 30.6 Å². The molecule has 3 aromatic rings. The third-order valence-corrected chi connectivity index (χ3v) is 6.50. The molecule has 2 aromatic heterocycles. The first-order valence-corrected chi connectivity index (χ1v) is 11.8. The van der Waals surface area contributed by atoms with Crippen molar-refractivity contribution in [3.8, 4) is 11.4 Å². The number of amides is 1. The van der Waals surface area contributed by atoms with Crippen LogP contribution in [0.25, 0.3) is 11.4 Å². The minimum Gasteiger partial charge on any atom is -0.303 e. The molecule has 0 aliphatic carbocycles. The fraction of sp³-hybridized carbons (Fsp3) is 0.500. The van der Waals surface area contributed by atoms with Gasteiger partial charge < -0.3 is 10.2 Å². The minimum atomic E-state index is 0.0951. The van der Waals surface area contributed by atoms with E-state index in [1.54, 1.807) is 4.80 Å². The van der Waals surface area contributed by atoms with E-state index < -0.39 is 0 Å². The molecule has 1 fully saturated rings. The van der Waals surface area contributed by atoms with Gasteiger partial charge in [-0.05, 0) is 57.5 Å². The molecule has 9 heteroatoms. The van der Waals surface area contributed by atoms with Gasteiger partial charge in [0.1, 0.15) is 0 Å². The number of rotatable bonds is 9. The number of piperidine rings is 1. The smallest absolute Gasteiger partial charge is 0.229 e. The molecule has 8 nitrogen and oxygen atoms in total. The third-order valence-electron chi connectivity index (χ3n) is 5.62. The van der Waals surface area contributed by atoms with Crippen molar-refractivity contribution in [3.05, 3.63) is 41.4 Å². The first-order valence-electron chi connectivity index (χ1n) is 11.0. The zero-order valence-electron chi connectivity index (χ0n) is 17.9. The van der Waals surface area contributed by atoms with E-state index in [1.165, 1.54) is 11.3 Å². The molecular formula is C22H29N7OS. The average Bonchev–Trinajstić information content (AvgIpc) is 3.43. The Morgan fingerprint density at radius 1 is 1.13 bits per heavy atom. The SMILES string of the molecule is Cc1csc(NC(=O)C2CCN(CCCCCn3nnc(-c4ccccc4)n3)CC2)n1. The Morgan fingerprint density at radius 2 is 1.90 bits per heavy atom. The van der Waals surface area contributed by atoms with E-state index >= 15 is 0 Å². The molecule has 0 radical (unpaired) electrons. The number of thiazole rings is 1. The molecule has 31 heavy (non-hydrogen) atoms. The summed E-state index contributed by atoms with van der Waals surface area (Å²) in [5, 5.41) is 18.4. The van der Waals surface area contributed by atoms with E-state index in [0.29, 0.717) is 11.0 Å². The van der Waals surface area contributed by atoms with Gasteiger partial charge in [-0.25, -0.2) is 4.98 Å². The third kappa shape index (κ3) is 6.18. The molecule has 0 unspecified atom stereocenters. The van der Waals surface area contributed by atoms with Crippen LogP contribution in [-0.4, -0.2) is 55.6 Å². The molecule has 1 amide bonds. The summed E-state index contributed by atoms with van der Waals surface area (Å²) in [6.45, 7) is 5.79. The highest BCUT2D eigenvalue weighted by molar-refractivity contribution is 7.13. The number of likely N-dealkylation sites (tertiary alicyclic amines) is 1. The molecule has 0 bridgehead atoms. The second-order valence-corrected chi connectivity index (χ2v) is 8.89. The summed E-state index contributed by atoms with van der Waals surface area (Å²) in [6.07, 6.45) is 5.15. The number of aromatic nitrogens is 5. The van der Waals surface area contributed by atoms with E-state index in [1.807, 2.05) is 42.6 Å². The number of aryl methyl sites for hydroxylation is 2. The molecule has 164 valence electrons. The van der Waals surface area contributed by atoms with Crippen molar-refractivity contribution in [2.24, 2.45) is 5.92 Å². The topological polar surface area (TPSA) is 88.8 Å². The van der Waals surface area contributed by atoms with E-state index in [9.17, 15) is 4.79 Å². The molecule has 1 aliphatic rings. The molecule has 0 atom stereocenters. The van der Waals surface area contributed by atoms with Crippen molar-refractivity contribution in [1.82, 2.24) is 30.1 Å². The second-order valence-electron chi connectivity index (χ2n) is 8.03. The van der Waals surface area contributed by atoms with E-state index in [-0.39, 0.29) is 11.8 Å². The lowest BCUT2D eigenvalue weighted by atomic mass is 9.96. The van der Waals surface area contributed by atoms with Crippen molar-refractivity contribution in [2.75, 3.05) is 25.0 Å². The first-order chi connectivity index (χ1) is 15.2. The van der Waals surface area contributed by atoms with Crippen LogP contribution in [0.4, 0.5) is 5.13 Å². The summed E-state index contributed by atoms with van der Waals surface area (Å²) in [6, 6.07) is 9.93. The number of nitrogens with zero attached hydrogens (tertiary/aromatic N) is 6. The number of anilines is 1. The van der Waals surface area contributed by atoms with Crippen molar-refractivity contribution < 1.29 is 4.79 Å². The Bertz CT molecular complexity index is 963. The van der Waals surface area contributed by atoms with Gasteiger partial charge in [0.15, 0.2) is 5.13 Å². The van der Waals surface area contributed by atoms with Gasteiger partial charge in [0.25, 0.3) is 0 Å². The monoisotopic (exact) mass is 439 g/mol. The highest BCUT2D eigenvalue weighted by Gasteiger charge is 2.25. The van der Waals surface area contributed by atoms with Crippen LogP contribution in [0.2, 0.25) is 0 Å². The number of benzene rings is 1. The lowest BCUT2D eigenvalue weighted by Crippen LogP contribution is -2.38. The summed E-state index contributed by atoms with van der Waals surface area (Å²) < 4.78 is 0. The molecule has 1 aromatic carbocycles. The summed E-state index contributed by atoms with van der Waals surface area (Å²) in [5.41, 5.74) is 1.94. The number of hydrogen-bond acceptors (Lipinski definition) is 7. The zero-order valence-corrected chi connectivity index (χ0v) is 18.7.